The Hall–Kier alpha value is -4.00. The summed E-state index contributed by atoms with van der Waals surface area (Å²) in [6.07, 6.45) is 0. The van der Waals surface area contributed by atoms with Crippen LogP contribution in [0, 0.1) is 20.8 Å². The highest BCUT2D eigenvalue weighted by atomic mass is 14.9. The third kappa shape index (κ3) is 3.13. The van der Waals surface area contributed by atoms with Crippen molar-refractivity contribution in [2.75, 3.05) is 0 Å². The maximum atomic E-state index is 10.3. The molecule has 5 aromatic rings. The summed E-state index contributed by atoms with van der Waals surface area (Å²) in [6, 6.07) is 31.7. The minimum absolute atomic E-state index is 0.618. The van der Waals surface area contributed by atoms with E-state index in [-0.39, 0.29) is 0 Å². The summed E-state index contributed by atoms with van der Waals surface area (Å²) in [5.74, 6) is 0. The average molecular weight is 413 g/mol. The third-order valence-electron chi connectivity index (χ3n) is 6.24. The van der Waals surface area contributed by atoms with Gasteiger partial charge in [0.25, 0.3) is 0 Å². The molecule has 2 heteroatoms. The van der Waals surface area contributed by atoms with E-state index >= 15 is 0 Å². The standard InChI is InChI=1S/C30H24N2/c1-19-17-20(2)27(21(3)18-19)30(32-31)29-25-15-9-7-13-23(25)28(22-11-5-4-6-12-22)24-14-8-10-16-26(24)29/h4-18H,1-3H3. The molecule has 0 radical (unpaired) electrons. The average Bonchev–Trinajstić information content (AvgIpc) is 2.80. The van der Waals surface area contributed by atoms with Crippen LogP contribution in [0.5, 0.6) is 0 Å². The van der Waals surface area contributed by atoms with Crippen LogP contribution >= 0.6 is 0 Å². The minimum Gasteiger partial charge on any atom is -0.361 e. The normalized spacial score (nSPS) is 11.0. The highest BCUT2D eigenvalue weighted by Crippen LogP contribution is 2.40. The molecule has 0 saturated carbocycles. The lowest BCUT2D eigenvalue weighted by Gasteiger charge is -2.16. The van der Waals surface area contributed by atoms with Crippen LogP contribution in [0.3, 0.4) is 0 Å². The largest absolute Gasteiger partial charge is 0.361 e. The molecule has 154 valence electrons. The highest BCUT2D eigenvalue weighted by molar-refractivity contribution is 6.29. The smallest absolute Gasteiger partial charge is 0.331 e. The van der Waals surface area contributed by atoms with Crippen molar-refractivity contribution in [3.63, 3.8) is 0 Å². The molecule has 5 aromatic carbocycles. The minimum atomic E-state index is 0.618. The van der Waals surface area contributed by atoms with E-state index in [2.05, 4.69) is 110 Å². The van der Waals surface area contributed by atoms with Crippen LogP contribution in [0.1, 0.15) is 27.8 Å². The van der Waals surface area contributed by atoms with Gasteiger partial charge < -0.3 is 5.53 Å². The molecule has 0 aliphatic heterocycles. The van der Waals surface area contributed by atoms with Crippen LogP contribution in [0.15, 0.2) is 91.0 Å². The molecule has 0 unspecified atom stereocenters. The zero-order chi connectivity index (χ0) is 22.2. The summed E-state index contributed by atoms with van der Waals surface area (Å²) in [5.41, 5.74) is 18.7. The summed E-state index contributed by atoms with van der Waals surface area (Å²) in [4.78, 5) is 3.90. The summed E-state index contributed by atoms with van der Waals surface area (Å²) in [6.45, 7) is 6.27. The van der Waals surface area contributed by atoms with Gasteiger partial charge in [0.05, 0.1) is 11.1 Å². The molecule has 0 amide bonds. The van der Waals surface area contributed by atoms with Gasteiger partial charge in [-0.25, -0.2) is 0 Å². The molecular formula is C30H24N2. The zero-order valence-corrected chi connectivity index (χ0v) is 18.6. The number of aryl methyl sites for hydroxylation is 3. The lowest BCUT2D eigenvalue weighted by atomic mass is 9.84. The summed E-state index contributed by atoms with van der Waals surface area (Å²) >= 11 is 0. The van der Waals surface area contributed by atoms with Gasteiger partial charge in [0, 0.05) is 0 Å². The number of rotatable bonds is 3. The van der Waals surface area contributed by atoms with Crippen molar-refractivity contribution >= 4 is 27.3 Å². The lowest BCUT2D eigenvalue weighted by molar-refractivity contribution is -0.00264. The lowest BCUT2D eigenvalue weighted by Crippen LogP contribution is -2.11. The molecule has 0 aliphatic carbocycles. The van der Waals surface area contributed by atoms with Crippen LogP contribution in [-0.4, -0.2) is 10.5 Å². The predicted molar refractivity (Wildman–Crippen MR) is 134 cm³/mol. The Morgan fingerprint density at radius 2 is 1.06 bits per heavy atom. The summed E-state index contributed by atoms with van der Waals surface area (Å²) in [5, 5.41) is 4.46. The van der Waals surface area contributed by atoms with Crippen molar-refractivity contribution in [2.45, 2.75) is 20.8 Å². The van der Waals surface area contributed by atoms with Gasteiger partial charge in [-0.2, -0.15) is 4.79 Å². The Labute approximate surface area is 188 Å². The van der Waals surface area contributed by atoms with Gasteiger partial charge in [-0.3, -0.25) is 0 Å². The van der Waals surface area contributed by atoms with Crippen LogP contribution in [0.25, 0.3) is 38.2 Å². The molecule has 0 bridgehead atoms. The Kier molecular flexibility index (Phi) is 4.93. The van der Waals surface area contributed by atoms with Crippen molar-refractivity contribution in [3.05, 3.63) is 124 Å². The van der Waals surface area contributed by atoms with E-state index < -0.39 is 0 Å². The quantitative estimate of drug-likeness (QED) is 0.126. The summed E-state index contributed by atoms with van der Waals surface area (Å²) in [7, 11) is 0. The number of benzene rings is 5. The van der Waals surface area contributed by atoms with Crippen LogP contribution in [0.2, 0.25) is 0 Å². The van der Waals surface area contributed by atoms with E-state index in [0.29, 0.717) is 5.71 Å². The number of nitrogens with zero attached hydrogens (tertiary/aromatic N) is 2. The van der Waals surface area contributed by atoms with Gasteiger partial charge >= 0.3 is 5.71 Å². The van der Waals surface area contributed by atoms with E-state index in [4.69, 9.17) is 0 Å². The fourth-order valence-corrected chi connectivity index (χ4v) is 5.08. The molecule has 32 heavy (non-hydrogen) atoms. The molecule has 0 fully saturated rings. The molecule has 0 spiro atoms. The SMILES string of the molecule is Cc1cc(C)c(C(=[N+]=[N-])c2c3ccccc3c(-c3ccccc3)c3ccccc23)c(C)c1. The van der Waals surface area contributed by atoms with E-state index in [1.165, 1.54) is 16.7 Å². The first-order valence-corrected chi connectivity index (χ1v) is 10.9. The Bertz CT molecular complexity index is 1460. The molecule has 2 nitrogen and oxygen atoms in total. The third-order valence-corrected chi connectivity index (χ3v) is 6.24. The fourth-order valence-electron chi connectivity index (χ4n) is 5.08. The Balaban J connectivity index is 1.97. The first-order chi connectivity index (χ1) is 15.6. The van der Waals surface area contributed by atoms with Crippen molar-refractivity contribution in [2.24, 2.45) is 0 Å². The molecule has 0 aromatic heterocycles. The van der Waals surface area contributed by atoms with Gasteiger partial charge in [-0.15, -0.1) is 0 Å². The molecule has 0 atom stereocenters. The Morgan fingerprint density at radius 1 is 0.594 bits per heavy atom. The number of hydrogen-bond acceptors (Lipinski definition) is 0. The highest BCUT2D eigenvalue weighted by Gasteiger charge is 2.27. The second-order valence-corrected chi connectivity index (χ2v) is 8.43. The fraction of sp³-hybridized carbons (Fsp3) is 0.100. The van der Waals surface area contributed by atoms with Crippen molar-refractivity contribution in [1.29, 1.82) is 0 Å². The van der Waals surface area contributed by atoms with E-state index in [9.17, 15) is 5.53 Å². The van der Waals surface area contributed by atoms with Crippen LogP contribution in [-0.2, 0) is 0 Å². The maximum Gasteiger partial charge on any atom is 0.331 e. The molecule has 0 heterocycles. The zero-order valence-electron chi connectivity index (χ0n) is 18.6. The number of fused-ring (bicyclic) bond motifs is 2. The van der Waals surface area contributed by atoms with E-state index in [0.717, 1.165) is 43.8 Å². The van der Waals surface area contributed by atoms with Gasteiger partial charge in [-0.05, 0) is 64.6 Å². The van der Waals surface area contributed by atoms with Gasteiger partial charge in [-0.1, -0.05) is 96.6 Å². The first kappa shape index (κ1) is 19.9. The monoisotopic (exact) mass is 412 g/mol. The summed E-state index contributed by atoms with van der Waals surface area (Å²) < 4.78 is 0. The van der Waals surface area contributed by atoms with Gasteiger partial charge in [0.15, 0.2) is 0 Å². The van der Waals surface area contributed by atoms with Crippen LogP contribution < -0.4 is 0 Å². The molecule has 0 saturated heterocycles. The first-order valence-electron chi connectivity index (χ1n) is 10.9. The predicted octanol–water partition coefficient (Wildman–Crippen LogP) is 7.65. The Morgan fingerprint density at radius 3 is 1.56 bits per heavy atom. The van der Waals surface area contributed by atoms with Gasteiger partial charge in [0.1, 0.15) is 0 Å². The molecular weight excluding hydrogens is 388 g/mol. The topological polar surface area (TPSA) is 36.4 Å². The van der Waals surface area contributed by atoms with E-state index in [1.807, 2.05) is 6.07 Å². The maximum absolute atomic E-state index is 10.3. The van der Waals surface area contributed by atoms with Crippen molar-refractivity contribution in [1.82, 2.24) is 0 Å². The van der Waals surface area contributed by atoms with Gasteiger partial charge in [0.2, 0.25) is 0 Å². The van der Waals surface area contributed by atoms with Crippen LogP contribution in [0.4, 0.5) is 0 Å². The molecule has 5 rings (SSSR count). The molecule has 0 N–H and O–H groups in total. The van der Waals surface area contributed by atoms with Crippen molar-refractivity contribution in [3.8, 4) is 11.1 Å². The number of hydrogen-bond donors (Lipinski definition) is 0. The second kappa shape index (κ2) is 7.92. The van der Waals surface area contributed by atoms with E-state index in [1.54, 1.807) is 0 Å². The van der Waals surface area contributed by atoms with Crippen molar-refractivity contribution < 1.29 is 4.79 Å². The molecule has 0 aliphatic rings. The second-order valence-electron chi connectivity index (χ2n) is 8.43.